The molecule has 5 heteroatoms. The Morgan fingerprint density at radius 3 is 2.59 bits per heavy atom. The fraction of sp³-hybridized carbons (Fsp3) is 0.833. The van der Waals surface area contributed by atoms with Gasteiger partial charge >= 0.3 is 5.97 Å². The number of nitrogens with one attached hydrogen (secondary N) is 1. The van der Waals surface area contributed by atoms with Gasteiger partial charge in [-0.15, -0.1) is 0 Å². The van der Waals surface area contributed by atoms with Crippen molar-refractivity contribution in [1.82, 2.24) is 10.2 Å². The SMILES string of the molecule is O=C(O)[C@@H]1CCCN(C(=O)C2CCCNC2)C1. The Morgan fingerprint density at radius 1 is 1.18 bits per heavy atom. The summed E-state index contributed by atoms with van der Waals surface area (Å²) in [5, 5.41) is 12.2. The van der Waals surface area contributed by atoms with Crippen molar-refractivity contribution in [2.75, 3.05) is 26.2 Å². The van der Waals surface area contributed by atoms with Crippen LogP contribution < -0.4 is 5.32 Å². The van der Waals surface area contributed by atoms with Gasteiger partial charge < -0.3 is 15.3 Å². The summed E-state index contributed by atoms with van der Waals surface area (Å²) in [7, 11) is 0. The standard InChI is InChI=1S/C12H20N2O3/c15-11(9-3-1-5-13-7-9)14-6-2-4-10(8-14)12(16)17/h9-10,13H,1-8H2,(H,16,17)/t9?,10-/m1/s1. The first kappa shape index (κ1) is 12.4. The molecule has 0 spiro atoms. The summed E-state index contributed by atoms with van der Waals surface area (Å²) in [5.41, 5.74) is 0. The van der Waals surface area contributed by atoms with Crippen LogP contribution in [0.25, 0.3) is 0 Å². The molecule has 5 nitrogen and oxygen atoms in total. The predicted octanol–water partition coefficient (Wildman–Crippen LogP) is 0.309. The van der Waals surface area contributed by atoms with Crippen LogP contribution in [-0.4, -0.2) is 48.1 Å². The molecule has 2 fully saturated rings. The number of nitrogens with zero attached hydrogens (tertiary/aromatic N) is 1. The van der Waals surface area contributed by atoms with E-state index in [1.807, 2.05) is 0 Å². The number of carboxylic acids is 1. The van der Waals surface area contributed by atoms with Gasteiger partial charge in [0.15, 0.2) is 0 Å². The molecule has 0 aromatic carbocycles. The highest BCUT2D eigenvalue weighted by Crippen LogP contribution is 2.20. The van der Waals surface area contributed by atoms with Crippen molar-refractivity contribution in [3.63, 3.8) is 0 Å². The first-order valence-electron chi connectivity index (χ1n) is 6.41. The van der Waals surface area contributed by atoms with Crippen LogP contribution in [0.5, 0.6) is 0 Å². The molecule has 0 saturated carbocycles. The van der Waals surface area contributed by atoms with Gasteiger partial charge in [0.1, 0.15) is 0 Å². The number of likely N-dealkylation sites (tertiary alicyclic amines) is 1. The number of amides is 1. The highest BCUT2D eigenvalue weighted by molar-refractivity contribution is 5.80. The highest BCUT2D eigenvalue weighted by Gasteiger charge is 2.32. The normalized spacial score (nSPS) is 30.0. The highest BCUT2D eigenvalue weighted by atomic mass is 16.4. The Bertz CT molecular complexity index is 300. The van der Waals surface area contributed by atoms with E-state index in [1.54, 1.807) is 4.90 Å². The molecule has 2 heterocycles. The second-order valence-corrected chi connectivity index (χ2v) is 5.00. The number of hydrogen-bond donors (Lipinski definition) is 2. The molecule has 0 bridgehead atoms. The average molecular weight is 240 g/mol. The van der Waals surface area contributed by atoms with Gasteiger partial charge in [0.2, 0.25) is 5.91 Å². The molecule has 0 aromatic rings. The summed E-state index contributed by atoms with van der Waals surface area (Å²) in [6.07, 6.45) is 3.47. The van der Waals surface area contributed by atoms with Gasteiger partial charge in [-0.2, -0.15) is 0 Å². The van der Waals surface area contributed by atoms with Crippen molar-refractivity contribution in [1.29, 1.82) is 0 Å². The molecule has 1 unspecified atom stereocenters. The Balaban J connectivity index is 1.91. The van der Waals surface area contributed by atoms with Gasteiger partial charge in [0, 0.05) is 19.6 Å². The minimum atomic E-state index is -0.774. The minimum Gasteiger partial charge on any atom is -0.481 e. The van der Waals surface area contributed by atoms with Crippen LogP contribution in [0.2, 0.25) is 0 Å². The second kappa shape index (κ2) is 5.49. The predicted molar refractivity (Wildman–Crippen MR) is 62.5 cm³/mol. The minimum absolute atomic E-state index is 0.0521. The van der Waals surface area contributed by atoms with Crippen LogP contribution in [0.4, 0.5) is 0 Å². The zero-order chi connectivity index (χ0) is 12.3. The van der Waals surface area contributed by atoms with E-state index in [2.05, 4.69) is 5.32 Å². The fourth-order valence-corrected chi connectivity index (χ4v) is 2.70. The topological polar surface area (TPSA) is 69.6 Å². The lowest BCUT2D eigenvalue weighted by atomic mass is 9.94. The van der Waals surface area contributed by atoms with E-state index in [1.165, 1.54) is 0 Å². The van der Waals surface area contributed by atoms with Gasteiger partial charge in [-0.05, 0) is 32.2 Å². The lowest BCUT2D eigenvalue weighted by molar-refractivity contribution is -0.147. The number of carbonyl (C=O) groups excluding carboxylic acids is 1. The third kappa shape index (κ3) is 2.97. The van der Waals surface area contributed by atoms with Gasteiger partial charge in [-0.3, -0.25) is 9.59 Å². The Hall–Kier alpha value is -1.10. The number of carboxylic acid groups (broad SMARTS) is 1. The molecule has 2 rings (SSSR count). The molecular weight excluding hydrogens is 220 g/mol. The van der Waals surface area contributed by atoms with E-state index < -0.39 is 5.97 Å². The third-order valence-electron chi connectivity index (χ3n) is 3.73. The summed E-state index contributed by atoms with van der Waals surface area (Å²) in [6.45, 7) is 2.85. The average Bonchev–Trinajstić information content (AvgIpc) is 2.39. The van der Waals surface area contributed by atoms with E-state index in [9.17, 15) is 9.59 Å². The molecule has 96 valence electrons. The molecule has 0 radical (unpaired) electrons. The Morgan fingerprint density at radius 2 is 1.94 bits per heavy atom. The summed E-state index contributed by atoms with van der Waals surface area (Å²) in [4.78, 5) is 24.9. The van der Waals surface area contributed by atoms with E-state index in [-0.39, 0.29) is 17.7 Å². The zero-order valence-electron chi connectivity index (χ0n) is 10.0. The van der Waals surface area contributed by atoms with Crippen LogP contribution in [0.1, 0.15) is 25.7 Å². The molecule has 17 heavy (non-hydrogen) atoms. The van der Waals surface area contributed by atoms with Gasteiger partial charge in [0.05, 0.1) is 11.8 Å². The summed E-state index contributed by atoms with van der Waals surface area (Å²) >= 11 is 0. The van der Waals surface area contributed by atoms with Crippen LogP contribution in [0.15, 0.2) is 0 Å². The van der Waals surface area contributed by atoms with Gasteiger partial charge in [-0.1, -0.05) is 0 Å². The largest absolute Gasteiger partial charge is 0.481 e. The molecule has 1 amide bonds. The van der Waals surface area contributed by atoms with E-state index in [0.717, 1.165) is 38.9 Å². The van der Waals surface area contributed by atoms with Crippen LogP contribution >= 0.6 is 0 Å². The van der Waals surface area contributed by atoms with E-state index >= 15 is 0 Å². The second-order valence-electron chi connectivity index (χ2n) is 5.00. The Labute approximate surface area is 101 Å². The summed E-state index contributed by atoms with van der Waals surface area (Å²) in [5.74, 6) is -0.951. The number of hydrogen-bond acceptors (Lipinski definition) is 3. The van der Waals surface area contributed by atoms with Crippen molar-refractivity contribution in [2.24, 2.45) is 11.8 Å². The molecule has 2 aliphatic heterocycles. The quantitative estimate of drug-likeness (QED) is 0.729. The summed E-state index contributed by atoms with van der Waals surface area (Å²) < 4.78 is 0. The molecule has 0 aromatic heterocycles. The molecular formula is C12H20N2O3. The van der Waals surface area contributed by atoms with Crippen molar-refractivity contribution >= 4 is 11.9 Å². The molecule has 0 aliphatic carbocycles. The van der Waals surface area contributed by atoms with Crippen molar-refractivity contribution in [2.45, 2.75) is 25.7 Å². The van der Waals surface area contributed by atoms with Crippen LogP contribution in [0, 0.1) is 11.8 Å². The first-order chi connectivity index (χ1) is 8.18. The number of aliphatic carboxylic acids is 1. The van der Waals surface area contributed by atoms with Gasteiger partial charge in [-0.25, -0.2) is 0 Å². The lowest BCUT2D eigenvalue weighted by Gasteiger charge is -2.34. The van der Waals surface area contributed by atoms with Crippen molar-refractivity contribution in [3.05, 3.63) is 0 Å². The maximum Gasteiger partial charge on any atom is 0.308 e. The van der Waals surface area contributed by atoms with Crippen molar-refractivity contribution < 1.29 is 14.7 Å². The van der Waals surface area contributed by atoms with Crippen molar-refractivity contribution in [3.8, 4) is 0 Å². The monoisotopic (exact) mass is 240 g/mol. The molecule has 2 N–H and O–H groups in total. The number of piperidine rings is 2. The number of carbonyl (C=O) groups is 2. The molecule has 2 saturated heterocycles. The van der Waals surface area contributed by atoms with E-state index in [4.69, 9.17) is 5.11 Å². The molecule has 2 atom stereocenters. The zero-order valence-corrected chi connectivity index (χ0v) is 10.0. The third-order valence-corrected chi connectivity index (χ3v) is 3.73. The van der Waals surface area contributed by atoms with Crippen LogP contribution in [0.3, 0.4) is 0 Å². The smallest absolute Gasteiger partial charge is 0.308 e. The molecule has 2 aliphatic rings. The van der Waals surface area contributed by atoms with Crippen LogP contribution in [-0.2, 0) is 9.59 Å². The first-order valence-corrected chi connectivity index (χ1v) is 6.41. The van der Waals surface area contributed by atoms with E-state index in [0.29, 0.717) is 13.0 Å². The number of rotatable bonds is 2. The Kier molecular flexibility index (Phi) is 3.99. The summed E-state index contributed by atoms with van der Waals surface area (Å²) in [6, 6.07) is 0. The lowest BCUT2D eigenvalue weighted by Crippen LogP contribution is -2.48. The fourth-order valence-electron chi connectivity index (χ4n) is 2.70. The maximum atomic E-state index is 12.2. The maximum absolute atomic E-state index is 12.2. The van der Waals surface area contributed by atoms with Gasteiger partial charge in [0.25, 0.3) is 0 Å².